The standard InChI is InChI=1S/C18H27NS.CH2O2/c1-12-15-10-18(2,3)9-8-16(15)20-17(12)14-7-5-4-6-13(14)11-19;2-1-3/h4-11,19H2,1-3H3;1H,(H,2,3). The molecule has 0 amide bonds. The SMILES string of the molecule is Cc1c(C2=C(CN)CCCC2)sc2c1CC(C)(C)CC2.O=CO. The highest BCUT2D eigenvalue weighted by Crippen LogP contribution is 2.45. The maximum absolute atomic E-state index is 8.36. The summed E-state index contributed by atoms with van der Waals surface area (Å²) in [5, 5.41) is 6.89. The molecule has 1 heterocycles. The summed E-state index contributed by atoms with van der Waals surface area (Å²) in [6.45, 7) is 7.68. The Bertz CT molecular complexity index is 599. The molecule has 0 bridgehead atoms. The largest absolute Gasteiger partial charge is 0.483 e. The van der Waals surface area contributed by atoms with Crippen molar-refractivity contribution in [3.63, 3.8) is 0 Å². The van der Waals surface area contributed by atoms with Crippen LogP contribution in [0.15, 0.2) is 5.57 Å². The second-order valence-corrected chi connectivity index (χ2v) is 8.50. The second kappa shape index (κ2) is 7.63. The fraction of sp³-hybridized carbons (Fsp3) is 0.632. The summed E-state index contributed by atoms with van der Waals surface area (Å²) in [5.41, 5.74) is 12.8. The molecule has 23 heavy (non-hydrogen) atoms. The monoisotopic (exact) mass is 335 g/mol. The molecule has 0 unspecified atom stereocenters. The van der Waals surface area contributed by atoms with Gasteiger partial charge in [0.1, 0.15) is 0 Å². The van der Waals surface area contributed by atoms with Crippen molar-refractivity contribution in [2.24, 2.45) is 11.1 Å². The smallest absolute Gasteiger partial charge is 0.290 e. The van der Waals surface area contributed by atoms with Gasteiger partial charge in [-0.1, -0.05) is 19.4 Å². The minimum atomic E-state index is -0.250. The van der Waals surface area contributed by atoms with Crippen molar-refractivity contribution in [1.29, 1.82) is 0 Å². The molecule has 4 heteroatoms. The van der Waals surface area contributed by atoms with E-state index in [2.05, 4.69) is 32.1 Å². The molecule has 3 rings (SSSR count). The Labute approximate surface area is 143 Å². The van der Waals surface area contributed by atoms with E-state index in [9.17, 15) is 0 Å². The molecule has 128 valence electrons. The van der Waals surface area contributed by atoms with Gasteiger partial charge in [-0.15, -0.1) is 11.3 Å². The number of thiophene rings is 1. The lowest BCUT2D eigenvalue weighted by Gasteiger charge is -2.29. The normalized spacial score (nSPS) is 19.7. The highest BCUT2D eigenvalue weighted by atomic mass is 32.1. The van der Waals surface area contributed by atoms with Gasteiger partial charge in [0.15, 0.2) is 0 Å². The third kappa shape index (κ3) is 4.04. The summed E-state index contributed by atoms with van der Waals surface area (Å²) in [6, 6.07) is 0. The van der Waals surface area contributed by atoms with E-state index < -0.39 is 0 Å². The molecule has 0 spiro atoms. The molecule has 2 aliphatic carbocycles. The van der Waals surface area contributed by atoms with Crippen LogP contribution in [-0.4, -0.2) is 18.1 Å². The van der Waals surface area contributed by atoms with Gasteiger partial charge in [0, 0.05) is 16.3 Å². The maximum Gasteiger partial charge on any atom is 0.290 e. The van der Waals surface area contributed by atoms with Crippen molar-refractivity contribution < 1.29 is 9.90 Å². The number of allylic oxidation sites excluding steroid dienone is 1. The number of fused-ring (bicyclic) bond motifs is 1. The highest BCUT2D eigenvalue weighted by Gasteiger charge is 2.30. The number of carboxylic acid groups (broad SMARTS) is 1. The zero-order chi connectivity index (χ0) is 17.0. The molecule has 0 atom stereocenters. The third-order valence-electron chi connectivity index (χ3n) is 5.14. The average molecular weight is 336 g/mol. The van der Waals surface area contributed by atoms with Gasteiger partial charge in [-0.05, 0) is 74.0 Å². The van der Waals surface area contributed by atoms with Crippen molar-refractivity contribution >= 4 is 23.4 Å². The van der Waals surface area contributed by atoms with E-state index in [0.29, 0.717) is 5.41 Å². The lowest BCUT2D eigenvalue weighted by atomic mass is 9.76. The molecule has 0 radical (unpaired) electrons. The van der Waals surface area contributed by atoms with E-state index in [-0.39, 0.29) is 6.47 Å². The average Bonchev–Trinajstić information content (AvgIpc) is 2.83. The quantitative estimate of drug-likeness (QED) is 0.779. The van der Waals surface area contributed by atoms with Gasteiger partial charge in [-0.25, -0.2) is 0 Å². The number of hydrogen-bond acceptors (Lipinski definition) is 3. The fourth-order valence-corrected chi connectivity index (χ4v) is 5.26. The topological polar surface area (TPSA) is 63.3 Å². The number of rotatable bonds is 2. The van der Waals surface area contributed by atoms with Gasteiger partial charge < -0.3 is 10.8 Å². The Morgan fingerprint density at radius 1 is 1.26 bits per heavy atom. The van der Waals surface area contributed by atoms with Gasteiger partial charge in [0.2, 0.25) is 0 Å². The van der Waals surface area contributed by atoms with Crippen LogP contribution in [0.3, 0.4) is 0 Å². The molecule has 0 fully saturated rings. The van der Waals surface area contributed by atoms with Gasteiger partial charge >= 0.3 is 0 Å². The number of hydrogen-bond donors (Lipinski definition) is 2. The molecular formula is C19H29NO2S. The highest BCUT2D eigenvalue weighted by molar-refractivity contribution is 7.13. The first-order chi connectivity index (χ1) is 10.9. The van der Waals surface area contributed by atoms with Crippen LogP contribution in [-0.2, 0) is 17.6 Å². The summed E-state index contributed by atoms with van der Waals surface area (Å²) in [7, 11) is 0. The van der Waals surface area contributed by atoms with Crippen molar-refractivity contribution in [2.75, 3.05) is 6.54 Å². The number of carbonyl (C=O) groups is 1. The molecule has 3 N–H and O–H groups in total. The van der Waals surface area contributed by atoms with Crippen LogP contribution in [0.5, 0.6) is 0 Å². The first-order valence-corrected chi connectivity index (χ1v) is 9.35. The van der Waals surface area contributed by atoms with Crippen molar-refractivity contribution in [2.45, 2.75) is 65.7 Å². The molecule has 1 aromatic rings. The first kappa shape index (κ1) is 18.2. The third-order valence-corrected chi connectivity index (χ3v) is 6.60. The van der Waals surface area contributed by atoms with E-state index >= 15 is 0 Å². The minimum Gasteiger partial charge on any atom is -0.483 e. The Morgan fingerprint density at radius 3 is 2.57 bits per heavy atom. The Kier molecular flexibility index (Phi) is 6.04. The molecule has 0 aliphatic heterocycles. The van der Waals surface area contributed by atoms with Crippen LogP contribution in [0.4, 0.5) is 0 Å². The molecule has 3 nitrogen and oxygen atoms in total. The summed E-state index contributed by atoms with van der Waals surface area (Å²) < 4.78 is 0. The second-order valence-electron chi connectivity index (χ2n) is 7.40. The summed E-state index contributed by atoms with van der Waals surface area (Å²) >= 11 is 2.07. The van der Waals surface area contributed by atoms with Crippen molar-refractivity contribution in [3.05, 3.63) is 26.5 Å². The van der Waals surface area contributed by atoms with E-state index in [4.69, 9.17) is 15.6 Å². The zero-order valence-electron chi connectivity index (χ0n) is 14.6. The fourth-order valence-electron chi connectivity index (χ4n) is 3.81. The zero-order valence-corrected chi connectivity index (χ0v) is 15.4. The van der Waals surface area contributed by atoms with Crippen molar-refractivity contribution in [3.8, 4) is 0 Å². The minimum absolute atomic E-state index is 0.250. The van der Waals surface area contributed by atoms with Gasteiger partial charge in [-0.2, -0.15) is 0 Å². The van der Waals surface area contributed by atoms with Gasteiger partial charge in [-0.3, -0.25) is 4.79 Å². The van der Waals surface area contributed by atoms with E-state index in [0.717, 1.165) is 6.54 Å². The van der Waals surface area contributed by atoms with Crippen LogP contribution in [0.25, 0.3) is 5.57 Å². The van der Waals surface area contributed by atoms with Crippen LogP contribution < -0.4 is 5.73 Å². The lowest BCUT2D eigenvalue weighted by Crippen LogP contribution is -2.21. The van der Waals surface area contributed by atoms with Crippen LogP contribution in [0, 0.1) is 12.3 Å². The van der Waals surface area contributed by atoms with Crippen molar-refractivity contribution in [1.82, 2.24) is 0 Å². The predicted octanol–water partition coefficient (Wildman–Crippen LogP) is 4.56. The summed E-state index contributed by atoms with van der Waals surface area (Å²) in [4.78, 5) is 11.6. The molecule has 2 aliphatic rings. The molecule has 0 aromatic carbocycles. The van der Waals surface area contributed by atoms with E-state index in [1.807, 2.05) is 0 Å². The van der Waals surface area contributed by atoms with Gasteiger partial charge in [0.05, 0.1) is 0 Å². The van der Waals surface area contributed by atoms with E-state index in [1.54, 1.807) is 26.5 Å². The van der Waals surface area contributed by atoms with Crippen LogP contribution >= 0.6 is 11.3 Å². The van der Waals surface area contributed by atoms with Gasteiger partial charge in [0.25, 0.3) is 6.47 Å². The Balaban J connectivity index is 0.000000595. The number of nitrogens with two attached hydrogens (primary N) is 1. The van der Waals surface area contributed by atoms with Crippen LogP contribution in [0.1, 0.15) is 66.8 Å². The summed E-state index contributed by atoms with van der Waals surface area (Å²) in [6.07, 6.45) is 9.01. The molecular weight excluding hydrogens is 306 g/mol. The first-order valence-electron chi connectivity index (χ1n) is 8.54. The molecule has 0 saturated carbocycles. The van der Waals surface area contributed by atoms with Crippen LogP contribution in [0.2, 0.25) is 0 Å². The van der Waals surface area contributed by atoms with E-state index in [1.165, 1.54) is 50.5 Å². The lowest BCUT2D eigenvalue weighted by molar-refractivity contribution is -0.122. The number of aryl methyl sites for hydroxylation is 1. The Hall–Kier alpha value is -1.13. The molecule has 1 aromatic heterocycles. The predicted molar refractivity (Wildman–Crippen MR) is 98.0 cm³/mol. The molecule has 0 saturated heterocycles. The maximum atomic E-state index is 8.36. The summed E-state index contributed by atoms with van der Waals surface area (Å²) in [5.74, 6) is 0. The Morgan fingerprint density at radius 2 is 1.91 bits per heavy atom.